The first-order valence-electron chi connectivity index (χ1n) is 5.86. The predicted octanol–water partition coefficient (Wildman–Crippen LogP) is 2.24. The van der Waals surface area contributed by atoms with Gasteiger partial charge in [0.05, 0.1) is 12.0 Å². The van der Waals surface area contributed by atoms with Crippen LogP contribution in [0, 0.1) is 0 Å². The second kappa shape index (κ2) is 5.16. The summed E-state index contributed by atoms with van der Waals surface area (Å²) in [5.74, 6) is -0.208. The van der Waals surface area contributed by atoms with Crippen molar-refractivity contribution < 1.29 is 14.3 Å². The van der Waals surface area contributed by atoms with Crippen LogP contribution in [0.15, 0.2) is 5.38 Å². The third-order valence-corrected chi connectivity index (χ3v) is 4.05. The zero-order chi connectivity index (χ0) is 13.2. The average molecular weight is 268 g/mol. The Morgan fingerprint density at radius 3 is 2.72 bits per heavy atom. The van der Waals surface area contributed by atoms with Crippen LogP contribution in [0.25, 0.3) is 0 Å². The van der Waals surface area contributed by atoms with Gasteiger partial charge in [-0.2, -0.15) is 0 Å². The Balaban J connectivity index is 1.92. The molecular formula is C12H16N2O3S. The van der Waals surface area contributed by atoms with Crippen LogP contribution in [0.5, 0.6) is 0 Å². The van der Waals surface area contributed by atoms with Crippen LogP contribution in [0.1, 0.15) is 43.1 Å². The number of nitrogens with zero attached hydrogens (tertiary/aromatic N) is 1. The van der Waals surface area contributed by atoms with Gasteiger partial charge in [-0.15, -0.1) is 11.3 Å². The topological polar surface area (TPSA) is 68.3 Å². The molecule has 6 heteroatoms. The van der Waals surface area contributed by atoms with Gasteiger partial charge in [-0.25, -0.2) is 4.98 Å². The molecule has 0 aliphatic heterocycles. The maximum atomic E-state index is 11.8. The molecule has 1 aromatic rings. The molecule has 1 saturated carbocycles. The van der Waals surface area contributed by atoms with Crippen LogP contribution in [0.4, 0.5) is 5.13 Å². The number of hydrogen-bond acceptors (Lipinski definition) is 5. The number of carbonyl (C=O) groups is 2. The number of ketones is 1. The summed E-state index contributed by atoms with van der Waals surface area (Å²) in [5.41, 5.74) is 0.102. The first-order valence-corrected chi connectivity index (χ1v) is 6.74. The van der Waals surface area contributed by atoms with E-state index in [0.29, 0.717) is 17.2 Å². The summed E-state index contributed by atoms with van der Waals surface area (Å²) in [4.78, 5) is 27.0. The third kappa shape index (κ3) is 2.76. The van der Waals surface area contributed by atoms with E-state index in [9.17, 15) is 9.59 Å². The average Bonchev–Trinajstić information content (AvgIpc) is 2.72. The van der Waals surface area contributed by atoms with Crippen LogP contribution in [0.3, 0.4) is 0 Å². The predicted molar refractivity (Wildman–Crippen MR) is 69.0 cm³/mol. The number of Topliss-reactive ketones (excluding diaryl/α,β-unsaturated/α-hetero) is 1. The van der Waals surface area contributed by atoms with Gasteiger partial charge in [0.15, 0.2) is 10.9 Å². The van der Waals surface area contributed by atoms with Crippen molar-refractivity contribution in [1.82, 2.24) is 4.98 Å². The highest BCUT2D eigenvalue weighted by atomic mass is 32.1. The lowest BCUT2D eigenvalue weighted by atomic mass is 9.77. The maximum absolute atomic E-state index is 11.8. The third-order valence-electron chi connectivity index (χ3n) is 3.29. The van der Waals surface area contributed by atoms with Crippen LogP contribution < -0.4 is 5.32 Å². The Kier molecular flexibility index (Phi) is 3.77. The zero-order valence-corrected chi connectivity index (χ0v) is 11.3. The molecule has 1 aliphatic carbocycles. The number of thiazole rings is 1. The normalized spacial score (nSPS) is 17.0. The van der Waals surface area contributed by atoms with E-state index in [4.69, 9.17) is 4.74 Å². The van der Waals surface area contributed by atoms with Gasteiger partial charge < -0.3 is 10.1 Å². The Hall–Kier alpha value is -1.27. The molecule has 2 rings (SSSR count). The smallest absolute Gasteiger partial charge is 0.229 e. The van der Waals surface area contributed by atoms with E-state index in [2.05, 4.69) is 10.3 Å². The lowest BCUT2D eigenvalue weighted by Gasteiger charge is -2.39. The van der Waals surface area contributed by atoms with Crippen LogP contribution in [-0.2, 0) is 9.53 Å². The van der Waals surface area contributed by atoms with Crippen molar-refractivity contribution in [2.24, 2.45) is 0 Å². The minimum absolute atomic E-state index is 0.0981. The van der Waals surface area contributed by atoms with Crippen LogP contribution in [0.2, 0.25) is 0 Å². The molecule has 1 fully saturated rings. The minimum atomic E-state index is -0.287. The SMILES string of the molecule is COC1(CC(=O)Nc2nc(C(C)=O)cs2)CCC1. The fourth-order valence-electron chi connectivity index (χ4n) is 1.97. The number of aromatic nitrogens is 1. The Morgan fingerprint density at radius 1 is 1.56 bits per heavy atom. The number of hydrogen-bond donors (Lipinski definition) is 1. The van der Waals surface area contributed by atoms with Crippen molar-refractivity contribution in [3.8, 4) is 0 Å². The molecule has 0 unspecified atom stereocenters. The molecule has 1 aliphatic rings. The Bertz CT molecular complexity index is 460. The monoisotopic (exact) mass is 268 g/mol. The van der Waals surface area contributed by atoms with E-state index in [1.807, 2.05) is 0 Å². The lowest BCUT2D eigenvalue weighted by Crippen LogP contribution is -2.42. The van der Waals surface area contributed by atoms with E-state index in [1.165, 1.54) is 18.3 Å². The summed E-state index contributed by atoms with van der Waals surface area (Å²) in [6, 6.07) is 0. The van der Waals surface area contributed by atoms with Gasteiger partial charge >= 0.3 is 0 Å². The molecule has 0 bridgehead atoms. The van der Waals surface area contributed by atoms with E-state index in [-0.39, 0.29) is 17.3 Å². The van der Waals surface area contributed by atoms with Gasteiger partial charge in [0.1, 0.15) is 5.69 Å². The molecule has 98 valence electrons. The number of carbonyl (C=O) groups excluding carboxylic acids is 2. The molecule has 0 atom stereocenters. The number of anilines is 1. The van der Waals surface area contributed by atoms with E-state index < -0.39 is 0 Å². The Labute approximate surface area is 110 Å². The van der Waals surface area contributed by atoms with Gasteiger partial charge in [-0.05, 0) is 19.3 Å². The fourth-order valence-corrected chi connectivity index (χ4v) is 2.74. The second-order valence-electron chi connectivity index (χ2n) is 4.56. The highest BCUT2D eigenvalue weighted by Crippen LogP contribution is 2.38. The van der Waals surface area contributed by atoms with Gasteiger partial charge in [0.25, 0.3) is 0 Å². The van der Waals surface area contributed by atoms with E-state index >= 15 is 0 Å². The number of nitrogens with one attached hydrogen (secondary N) is 1. The van der Waals surface area contributed by atoms with Crippen molar-refractivity contribution in [1.29, 1.82) is 0 Å². The molecule has 1 amide bonds. The van der Waals surface area contributed by atoms with Gasteiger partial charge in [0.2, 0.25) is 5.91 Å². The first-order chi connectivity index (χ1) is 8.54. The molecule has 0 spiro atoms. The summed E-state index contributed by atoms with van der Waals surface area (Å²) in [6.07, 6.45) is 3.30. The highest BCUT2D eigenvalue weighted by molar-refractivity contribution is 7.14. The van der Waals surface area contributed by atoms with Crippen molar-refractivity contribution in [2.75, 3.05) is 12.4 Å². The molecular weight excluding hydrogens is 252 g/mol. The molecule has 18 heavy (non-hydrogen) atoms. The lowest BCUT2D eigenvalue weighted by molar-refractivity contribution is -0.129. The Morgan fingerprint density at radius 2 is 2.28 bits per heavy atom. The van der Waals surface area contributed by atoms with Crippen molar-refractivity contribution in [2.45, 2.75) is 38.2 Å². The van der Waals surface area contributed by atoms with Gasteiger partial charge in [-0.3, -0.25) is 9.59 Å². The van der Waals surface area contributed by atoms with Crippen molar-refractivity contribution >= 4 is 28.2 Å². The van der Waals surface area contributed by atoms with E-state index in [1.54, 1.807) is 12.5 Å². The summed E-state index contributed by atoms with van der Waals surface area (Å²) in [5, 5.41) is 4.83. The first kappa shape index (κ1) is 13.2. The number of ether oxygens (including phenoxy) is 1. The molecule has 5 nitrogen and oxygen atoms in total. The summed E-state index contributed by atoms with van der Waals surface area (Å²) >= 11 is 1.26. The molecule has 0 radical (unpaired) electrons. The maximum Gasteiger partial charge on any atom is 0.229 e. The zero-order valence-electron chi connectivity index (χ0n) is 10.5. The molecule has 1 N–H and O–H groups in total. The fraction of sp³-hybridized carbons (Fsp3) is 0.583. The molecule has 1 heterocycles. The standard InChI is InChI=1S/C12H16N2O3S/c1-8(15)9-7-18-11(13-9)14-10(16)6-12(17-2)4-3-5-12/h7H,3-6H2,1-2H3,(H,13,14,16). The quantitative estimate of drug-likeness (QED) is 0.832. The minimum Gasteiger partial charge on any atom is -0.378 e. The van der Waals surface area contributed by atoms with Crippen LogP contribution in [-0.4, -0.2) is 29.4 Å². The molecule has 0 saturated heterocycles. The van der Waals surface area contributed by atoms with Gasteiger partial charge in [-0.1, -0.05) is 0 Å². The van der Waals surface area contributed by atoms with Crippen molar-refractivity contribution in [3.05, 3.63) is 11.1 Å². The second-order valence-corrected chi connectivity index (χ2v) is 5.42. The number of rotatable bonds is 5. The van der Waals surface area contributed by atoms with Crippen molar-refractivity contribution in [3.63, 3.8) is 0 Å². The van der Waals surface area contributed by atoms with Gasteiger partial charge in [0, 0.05) is 19.4 Å². The number of methoxy groups -OCH3 is 1. The summed E-state index contributed by atoms with van der Waals surface area (Å²) < 4.78 is 5.39. The number of amides is 1. The summed E-state index contributed by atoms with van der Waals surface area (Å²) in [6.45, 7) is 1.45. The highest BCUT2D eigenvalue weighted by Gasteiger charge is 2.39. The van der Waals surface area contributed by atoms with Crippen LogP contribution >= 0.6 is 11.3 Å². The molecule has 0 aromatic carbocycles. The van der Waals surface area contributed by atoms with E-state index in [0.717, 1.165) is 19.3 Å². The summed E-state index contributed by atoms with van der Waals surface area (Å²) in [7, 11) is 1.64. The largest absolute Gasteiger partial charge is 0.378 e. The molecule has 1 aromatic heterocycles.